The molecule has 2 aromatic heterocycles. The van der Waals surface area contributed by atoms with Crippen molar-refractivity contribution in [2.45, 2.75) is 44.0 Å². The maximum absolute atomic E-state index is 12.9. The predicted molar refractivity (Wildman–Crippen MR) is 135 cm³/mol. The summed E-state index contributed by atoms with van der Waals surface area (Å²) in [5.74, 6) is -0.146. The summed E-state index contributed by atoms with van der Waals surface area (Å²) in [7, 11) is 1.74. The molecule has 9 heteroatoms. The first-order valence-corrected chi connectivity index (χ1v) is 11.9. The molecule has 0 radical (unpaired) electrons. The van der Waals surface area contributed by atoms with Crippen LogP contribution in [0.15, 0.2) is 61.1 Å². The van der Waals surface area contributed by atoms with Crippen molar-refractivity contribution < 1.29 is 9.90 Å². The van der Waals surface area contributed by atoms with E-state index in [1.165, 1.54) is 6.20 Å². The molecule has 3 aromatic rings. The van der Waals surface area contributed by atoms with Crippen LogP contribution < -0.4 is 11.1 Å². The third kappa shape index (κ3) is 6.22. The zero-order valence-electron chi connectivity index (χ0n) is 19.5. The number of halogens is 1. The van der Waals surface area contributed by atoms with Gasteiger partial charge in [0.15, 0.2) is 0 Å². The minimum absolute atomic E-state index is 0.0338. The standard InChI is InChI=1S/C26H29ClN6O2/c1-33(15-17-10-20(25(28)29)13-30-12-17)26(35)18-4-2-16(3-5-18)11-21-7-8-22(32-21)24(34)19-6-9-23(27)31-14-19/h2-6,9-10,12-14,21-22,24,32,34H,7-8,11,15H2,1H3,(H3,28,29)/t21-,22+,24+/m0/s1. The van der Waals surface area contributed by atoms with Gasteiger partial charge in [0.1, 0.15) is 11.0 Å². The first-order chi connectivity index (χ1) is 16.8. The Kier molecular flexibility index (Phi) is 7.75. The Morgan fingerprint density at radius 1 is 1.17 bits per heavy atom. The molecule has 8 nitrogen and oxygen atoms in total. The quantitative estimate of drug-likeness (QED) is 0.217. The highest BCUT2D eigenvalue weighted by atomic mass is 35.5. The Morgan fingerprint density at radius 2 is 1.94 bits per heavy atom. The number of benzene rings is 1. The lowest BCUT2D eigenvalue weighted by atomic mass is 10.0. The second-order valence-corrected chi connectivity index (χ2v) is 9.35. The molecule has 1 saturated heterocycles. The SMILES string of the molecule is CN(Cc1cncc(C(=N)N)c1)C(=O)c1ccc(C[C@@H]2CC[C@H]([C@H](O)c3ccc(Cl)nc3)N2)cc1. The summed E-state index contributed by atoms with van der Waals surface area (Å²) in [6, 6.07) is 13.1. The van der Waals surface area contributed by atoms with Gasteiger partial charge in [0.2, 0.25) is 0 Å². The summed E-state index contributed by atoms with van der Waals surface area (Å²) < 4.78 is 0. The Hall–Kier alpha value is -3.33. The molecule has 182 valence electrons. The number of rotatable bonds is 8. The second-order valence-electron chi connectivity index (χ2n) is 8.96. The highest BCUT2D eigenvalue weighted by Gasteiger charge is 2.30. The number of nitrogens with one attached hydrogen (secondary N) is 2. The number of carbonyl (C=O) groups excluding carboxylic acids is 1. The number of carbonyl (C=O) groups is 1. The first kappa shape index (κ1) is 24.8. The molecule has 1 aliphatic rings. The van der Waals surface area contributed by atoms with Gasteiger partial charge in [-0.15, -0.1) is 0 Å². The van der Waals surface area contributed by atoms with Gasteiger partial charge in [-0.3, -0.25) is 15.2 Å². The van der Waals surface area contributed by atoms with E-state index >= 15 is 0 Å². The van der Waals surface area contributed by atoms with Crippen molar-refractivity contribution in [3.63, 3.8) is 0 Å². The van der Waals surface area contributed by atoms with Crippen LogP contribution in [0.1, 0.15) is 51.6 Å². The number of aromatic nitrogens is 2. The summed E-state index contributed by atoms with van der Waals surface area (Å²) in [4.78, 5) is 22.7. The van der Waals surface area contributed by atoms with Crippen molar-refractivity contribution in [2.24, 2.45) is 5.73 Å². The number of nitrogens with two attached hydrogens (primary N) is 1. The topological polar surface area (TPSA) is 128 Å². The van der Waals surface area contributed by atoms with Gasteiger partial charge in [-0.05, 0) is 54.7 Å². The van der Waals surface area contributed by atoms with Crippen LogP contribution in [0.3, 0.4) is 0 Å². The third-order valence-corrected chi connectivity index (χ3v) is 6.53. The van der Waals surface area contributed by atoms with Crippen LogP contribution in [-0.4, -0.2) is 50.8 Å². The number of aliphatic hydroxyl groups excluding tert-OH is 1. The summed E-state index contributed by atoms with van der Waals surface area (Å²) >= 11 is 5.84. The molecular formula is C26H29ClN6O2. The molecule has 1 amide bonds. The monoisotopic (exact) mass is 492 g/mol. The van der Waals surface area contributed by atoms with E-state index in [0.717, 1.165) is 36.0 Å². The van der Waals surface area contributed by atoms with E-state index in [2.05, 4.69) is 15.3 Å². The van der Waals surface area contributed by atoms with E-state index < -0.39 is 6.10 Å². The molecule has 1 aromatic carbocycles. The van der Waals surface area contributed by atoms with Gasteiger partial charge in [-0.25, -0.2) is 4.98 Å². The van der Waals surface area contributed by atoms with Crippen molar-refractivity contribution in [3.8, 4) is 0 Å². The molecule has 5 N–H and O–H groups in total. The van der Waals surface area contributed by atoms with Crippen molar-refractivity contribution in [1.29, 1.82) is 5.41 Å². The van der Waals surface area contributed by atoms with Gasteiger partial charge >= 0.3 is 0 Å². The molecule has 0 bridgehead atoms. The highest BCUT2D eigenvalue weighted by Crippen LogP contribution is 2.27. The number of nitrogen functional groups attached to an aromatic ring is 1. The summed E-state index contributed by atoms with van der Waals surface area (Å²) in [6.07, 6.45) is 6.83. The van der Waals surface area contributed by atoms with Crippen LogP contribution in [0.2, 0.25) is 5.15 Å². The largest absolute Gasteiger partial charge is 0.387 e. The van der Waals surface area contributed by atoms with Crippen LogP contribution in [0.25, 0.3) is 0 Å². The molecule has 3 heterocycles. The summed E-state index contributed by atoms with van der Waals surface area (Å²) in [5.41, 5.74) is 9.36. The van der Waals surface area contributed by atoms with Crippen molar-refractivity contribution in [3.05, 3.63) is 94.0 Å². The molecule has 0 aliphatic carbocycles. The van der Waals surface area contributed by atoms with Gasteiger partial charge in [0, 0.05) is 61.0 Å². The van der Waals surface area contributed by atoms with E-state index in [-0.39, 0.29) is 23.8 Å². The van der Waals surface area contributed by atoms with Crippen LogP contribution >= 0.6 is 11.6 Å². The van der Waals surface area contributed by atoms with Gasteiger partial charge in [-0.2, -0.15) is 0 Å². The fraction of sp³-hybridized carbons (Fsp3) is 0.308. The Labute approximate surface area is 209 Å². The Morgan fingerprint density at radius 3 is 2.63 bits per heavy atom. The van der Waals surface area contributed by atoms with Gasteiger partial charge in [-0.1, -0.05) is 29.8 Å². The van der Waals surface area contributed by atoms with Crippen molar-refractivity contribution >= 4 is 23.3 Å². The maximum Gasteiger partial charge on any atom is 0.253 e. The average molecular weight is 493 g/mol. The molecular weight excluding hydrogens is 464 g/mol. The Bertz CT molecular complexity index is 1190. The fourth-order valence-corrected chi connectivity index (χ4v) is 4.52. The zero-order chi connectivity index (χ0) is 24.9. The van der Waals surface area contributed by atoms with Gasteiger partial charge in [0.25, 0.3) is 5.91 Å². The van der Waals surface area contributed by atoms with Crippen LogP contribution in [0, 0.1) is 5.41 Å². The maximum atomic E-state index is 12.9. The minimum Gasteiger partial charge on any atom is -0.387 e. The average Bonchev–Trinajstić information content (AvgIpc) is 3.32. The molecule has 0 unspecified atom stereocenters. The number of nitrogens with zero attached hydrogens (tertiary/aromatic N) is 3. The van der Waals surface area contributed by atoms with Crippen LogP contribution in [0.4, 0.5) is 0 Å². The van der Waals surface area contributed by atoms with Gasteiger partial charge < -0.3 is 21.1 Å². The second kappa shape index (κ2) is 10.9. The number of pyridine rings is 2. The van der Waals surface area contributed by atoms with Crippen LogP contribution in [-0.2, 0) is 13.0 Å². The molecule has 35 heavy (non-hydrogen) atoms. The van der Waals surface area contributed by atoms with Crippen molar-refractivity contribution in [2.75, 3.05) is 7.05 Å². The Balaban J connectivity index is 1.31. The summed E-state index contributed by atoms with van der Waals surface area (Å²) in [5, 5.41) is 22.2. The van der Waals surface area contributed by atoms with E-state index in [0.29, 0.717) is 22.8 Å². The van der Waals surface area contributed by atoms with E-state index in [4.69, 9.17) is 22.7 Å². The lowest BCUT2D eigenvalue weighted by Gasteiger charge is -2.20. The fourth-order valence-electron chi connectivity index (χ4n) is 4.41. The first-order valence-electron chi connectivity index (χ1n) is 11.5. The molecule has 1 aliphatic heterocycles. The lowest BCUT2D eigenvalue weighted by Crippen LogP contribution is -2.35. The van der Waals surface area contributed by atoms with E-state index in [9.17, 15) is 9.90 Å². The number of hydrogen-bond donors (Lipinski definition) is 4. The molecule has 0 spiro atoms. The highest BCUT2D eigenvalue weighted by molar-refractivity contribution is 6.29. The number of hydrogen-bond acceptors (Lipinski definition) is 6. The number of amides is 1. The third-order valence-electron chi connectivity index (χ3n) is 6.30. The molecule has 4 rings (SSSR count). The normalized spacial score (nSPS) is 18.3. The lowest BCUT2D eigenvalue weighted by molar-refractivity contribution is 0.0785. The van der Waals surface area contributed by atoms with Crippen LogP contribution in [0.5, 0.6) is 0 Å². The van der Waals surface area contributed by atoms with E-state index in [1.807, 2.05) is 24.3 Å². The number of aliphatic hydroxyl groups is 1. The van der Waals surface area contributed by atoms with Crippen molar-refractivity contribution in [1.82, 2.24) is 20.2 Å². The molecule has 1 fully saturated rings. The van der Waals surface area contributed by atoms with Gasteiger partial charge in [0.05, 0.1) is 6.10 Å². The minimum atomic E-state index is -0.633. The zero-order valence-corrected chi connectivity index (χ0v) is 20.2. The predicted octanol–water partition coefficient (Wildman–Crippen LogP) is 3.08. The summed E-state index contributed by atoms with van der Waals surface area (Å²) in [6.45, 7) is 0.369. The smallest absolute Gasteiger partial charge is 0.253 e. The molecule has 0 saturated carbocycles. The number of amidine groups is 1. The molecule has 3 atom stereocenters. The van der Waals surface area contributed by atoms with E-state index in [1.54, 1.807) is 42.5 Å².